The fourth-order valence-electron chi connectivity index (χ4n) is 1.45. The molecule has 72 valence electrons. The highest BCUT2D eigenvalue weighted by Crippen LogP contribution is 2.10. The van der Waals surface area contributed by atoms with Crippen LogP contribution in [0.2, 0.25) is 0 Å². The molecule has 0 saturated carbocycles. The lowest BCUT2D eigenvalue weighted by molar-refractivity contribution is 0.197. The van der Waals surface area contributed by atoms with Crippen molar-refractivity contribution in [2.24, 2.45) is 5.16 Å². The Kier molecular flexibility index (Phi) is 1.89. The van der Waals surface area contributed by atoms with Crippen molar-refractivity contribution in [1.82, 2.24) is 4.73 Å². The van der Waals surface area contributed by atoms with Crippen molar-refractivity contribution in [3.63, 3.8) is 0 Å². The number of aromatic nitrogens is 1. The number of hydrogen-bond acceptors (Lipinski definition) is 3. The molecular weight excluding hydrogens is 180 g/mol. The summed E-state index contributed by atoms with van der Waals surface area (Å²) in [5.74, 6) is 0. The lowest BCUT2D eigenvalue weighted by Gasteiger charge is -2.04. The van der Waals surface area contributed by atoms with Gasteiger partial charge in [-0.2, -0.15) is 4.73 Å². The van der Waals surface area contributed by atoms with E-state index in [1.807, 2.05) is 25.1 Å². The largest absolute Gasteiger partial charge is 0.428 e. The normalized spacial score (nSPS) is 12.2. The highest BCUT2D eigenvalue weighted by atomic mass is 16.5. The van der Waals surface area contributed by atoms with E-state index in [9.17, 15) is 5.21 Å². The van der Waals surface area contributed by atoms with Crippen molar-refractivity contribution in [1.29, 1.82) is 0 Å². The minimum absolute atomic E-state index is 0.449. The topological polar surface area (TPSA) is 57.8 Å². The summed E-state index contributed by atoms with van der Waals surface area (Å²) in [6, 6.07) is 7.07. The number of rotatable bonds is 0. The van der Waals surface area contributed by atoms with Crippen LogP contribution in [0.25, 0.3) is 10.9 Å². The first-order valence-electron chi connectivity index (χ1n) is 4.22. The molecule has 4 nitrogen and oxygen atoms in total. The van der Waals surface area contributed by atoms with Gasteiger partial charge in [-0.3, -0.25) is 0 Å². The van der Waals surface area contributed by atoms with Gasteiger partial charge in [0.25, 0.3) is 0 Å². The molecule has 1 aromatic carbocycles. The van der Waals surface area contributed by atoms with E-state index in [2.05, 4.69) is 5.16 Å². The second-order valence-electron chi connectivity index (χ2n) is 3.17. The number of fused-ring (bicyclic) bond motifs is 1. The van der Waals surface area contributed by atoms with Crippen LogP contribution in [0.4, 0.5) is 0 Å². The molecule has 2 rings (SSSR count). The Morgan fingerprint density at radius 3 is 2.79 bits per heavy atom. The second-order valence-corrected chi connectivity index (χ2v) is 3.17. The Balaban J connectivity index is 2.99. The highest BCUT2D eigenvalue weighted by Gasteiger charge is 2.00. The third kappa shape index (κ3) is 1.21. The molecule has 4 heteroatoms. The Labute approximate surface area is 80.3 Å². The predicted molar refractivity (Wildman–Crippen MR) is 51.2 cm³/mol. The van der Waals surface area contributed by atoms with Crippen LogP contribution in [0.3, 0.4) is 0 Å². The van der Waals surface area contributed by atoms with Crippen LogP contribution in [-0.4, -0.2) is 15.1 Å². The van der Waals surface area contributed by atoms with Crippen molar-refractivity contribution < 1.29 is 10.4 Å². The van der Waals surface area contributed by atoms with E-state index in [4.69, 9.17) is 5.21 Å². The maximum atomic E-state index is 9.51. The fourth-order valence-corrected chi connectivity index (χ4v) is 1.45. The summed E-state index contributed by atoms with van der Waals surface area (Å²) >= 11 is 0. The molecule has 2 aromatic rings. The Morgan fingerprint density at radius 1 is 1.29 bits per heavy atom. The van der Waals surface area contributed by atoms with Gasteiger partial charge in [0.05, 0.1) is 5.52 Å². The number of aryl methyl sites for hydroxylation is 1. The molecule has 0 fully saturated rings. The summed E-state index contributed by atoms with van der Waals surface area (Å²) in [4.78, 5) is 0. The number of hydrogen-bond donors (Lipinski definition) is 2. The molecule has 0 atom stereocenters. The molecule has 2 N–H and O–H groups in total. The van der Waals surface area contributed by atoms with Crippen molar-refractivity contribution >= 4 is 10.9 Å². The first-order valence-corrected chi connectivity index (χ1v) is 4.22. The highest BCUT2D eigenvalue weighted by molar-refractivity contribution is 5.78. The zero-order valence-corrected chi connectivity index (χ0v) is 7.68. The molecule has 0 spiro atoms. The van der Waals surface area contributed by atoms with Crippen LogP contribution < -0.4 is 5.36 Å². The van der Waals surface area contributed by atoms with Gasteiger partial charge >= 0.3 is 0 Å². The summed E-state index contributed by atoms with van der Waals surface area (Å²) in [6.45, 7) is 1.93. The van der Waals surface area contributed by atoms with Crippen LogP contribution in [0.5, 0.6) is 0 Å². The lowest BCUT2D eigenvalue weighted by Crippen LogP contribution is -2.07. The SMILES string of the molecule is Cc1ccc2/c(=N\O)ccn(O)c2c1. The van der Waals surface area contributed by atoms with Gasteiger partial charge in [-0.25, -0.2) is 0 Å². The van der Waals surface area contributed by atoms with Crippen molar-refractivity contribution in [3.8, 4) is 0 Å². The maximum absolute atomic E-state index is 9.51. The molecule has 0 amide bonds. The van der Waals surface area contributed by atoms with Gasteiger partial charge < -0.3 is 10.4 Å². The van der Waals surface area contributed by atoms with Crippen molar-refractivity contribution in [2.75, 3.05) is 0 Å². The minimum Gasteiger partial charge on any atom is -0.428 e. The van der Waals surface area contributed by atoms with Crippen LogP contribution in [0.15, 0.2) is 35.6 Å². The molecule has 1 aromatic heterocycles. The third-order valence-corrected chi connectivity index (χ3v) is 2.16. The summed E-state index contributed by atoms with van der Waals surface area (Å²) in [5, 5.41) is 22.5. The molecule has 1 heterocycles. The van der Waals surface area contributed by atoms with Crippen LogP contribution in [0.1, 0.15) is 5.56 Å². The van der Waals surface area contributed by atoms with Gasteiger partial charge in [-0.05, 0) is 24.6 Å². The van der Waals surface area contributed by atoms with Crippen LogP contribution >= 0.6 is 0 Å². The molecule has 0 unspecified atom stereocenters. The first kappa shape index (κ1) is 8.62. The van der Waals surface area contributed by atoms with Crippen LogP contribution in [0, 0.1) is 6.92 Å². The average molecular weight is 190 g/mol. The van der Waals surface area contributed by atoms with Gasteiger partial charge in [0.1, 0.15) is 5.36 Å². The Bertz CT molecular complexity index is 543. The van der Waals surface area contributed by atoms with Gasteiger partial charge in [0, 0.05) is 11.6 Å². The number of nitrogens with zero attached hydrogens (tertiary/aromatic N) is 2. The van der Waals surface area contributed by atoms with Crippen molar-refractivity contribution in [3.05, 3.63) is 41.4 Å². The van der Waals surface area contributed by atoms with Crippen LogP contribution in [-0.2, 0) is 0 Å². The van der Waals surface area contributed by atoms with E-state index in [1.165, 1.54) is 12.3 Å². The third-order valence-electron chi connectivity index (χ3n) is 2.16. The Morgan fingerprint density at radius 2 is 2.07 bits per heavy atom. The smallest absolute Gasteiger partial charge is 0.113 e. The lowest BCUT2D eigenvalue weighted by atomic mass is 10.1. The quantitative estimate of drug-likeness (QED) is 0.375. The molecule has 0 aliphatic heterocycles. The van der Waals surface area contributed by atoms with Gasteiger partial charge in [-0.15, -0.1) is 0 Å². The molecule has 0 saturated heterocycles. The van der Waals surface area contributed by atoms with E-state index in [-0.39, 0.29) is 0 Å². The molecule has 0 bridgehead atoms. The molecule has 0 aliphatic rings. The molecule has 14 heavy (non-hydrogen) atoms. The minimum atomic E-state index is 0.449. The standard InChI is InChI=1S/C10H10N2O2/c1-7-2-3-8-9(11-13)4-5-12(14)10(8)6-7/h2-6,13-14H,1H3/b11-9-. The first-order chi connectivity index (χ1) is 6.72. The summed E-state index contributed by atoms with van der Waals surface area (Å²) in [5.41, 5.74) is 1.66. The molecular formula is C10H10N2O2. The van der Waals surface area contributed by atoms with E-state index < -0.39 is 0 Å². The average Bonchev–Trinajstić information content (AvgIpc) is 2.19. The monoisotopic (exact) mass is 190 g/mol. The fraction of sp³-hybridized carbons (Fsp3) is 0.100. The maximum Gasteiger partial charge on any atom is 0.113 e. The zero-order valence-electron chi connectivity index (χ0n) is 7.68. The zero-order chi connectivity index (χ0) is 10.1. The number of pyridine rings is 1. The molecule has 0 radical (unpaired) electrons. The van der Waals surface area contributed by atoms with E-state index in [0.717, 1.165) is 10.3 Å². The van der Waals surface area contributed by atoms with E-state index in [1.54, 1.807) is 0 Å². The number of benzene rings is 1. The summed E-state index contributed by atoms with van der Waals surface area (Å²) < 4.78 is 1.01. The van der Waals surface area contributed by atoms with Crippen molar-refractivity contribution in [2.45, 2.75) is 6.92 Å². The second kappa shape index (κ2) is 3.06. The molecule has 0 aliphatic carbocycles. The van der Waals surface area contributed by atoms with E-state index in [0.29, 0.717) is 16.3 Å². The summed E-state index contributed by atoms with van der Waals surface area (Å²) in [7, 11) is 0. The van der Waals surface area contributed by atoms with Gasteiger partial charge in [-0.1, -0.05) is 17.3 Å². The summed E-state index contributed by atoms with van der Waals surface area (Å²) in [6.07, 6.45) is 1.44. The Hall–Kier alpha value is -1.97. The predicted octanol–water partition coefficient (Wildman–Crippen LogP) is 1.48. The van der Waals surface area contributed by atoms with Gasteiger partial charge in [0.2, 0.25) is 0 Å². The van der Waals surface area contributed by atoms with Gasteiger partial charge in [0.15, 0.2) is 0 Å². The van der Waals surface area contributed by atoms with E-state index >= 15 is 0 Å².